The number of nitrogens with one attached hydrogen (secondary N) is 3. The Bertz CT molecular complexity index is 424. The molecular formula is C15H27N5O2. The maximum Gasteiger partial charge on any atom is 0.324 e. The van der Waals surface area contributed by atoms with Crippen molar-refractivity contribution in [2.75, 3.05) is 32.7 Å². The highest BCUT2D eigenvalue weighted by Gasteiger charge is 2.34. The number of urea groups is 1. The number of amides is 3. The van der Waals surface area contributed by atoms with Gasteiger partial charge in [0.1, 0.15) is 0 Å². The molecule has 0 aromatic carbocycles. The Kier molecular flexibility index (Phi) is 5.63. The van der Waals surface area contributed by atoms with Crippen molar-refractivity contribution in [3.63, 3.8) is 0 Å². The van der Waals surface area contributed by atoms with E-state index < -0.39 is 0 Å². The molecule has 0 bridgehead atoms. The molecule has 2 fully saturated rings. The fraction of sp³-hybridized carbons (Fsp3) is 0.800. The third-order valence-electron chi connectivity index (χ3n) is 4.65. The van der Waals surface area contributed by atoms with Crippen LogP contribution in [0, 0.1) is 5.41 Å². The molecule has 2 rings (SSSR count). The fourth-order valence-electron chi connectivity index (χ4n) is 2.86. The van der Waals surface area contributed by atoms with E-state index in [2.05, 4.69) is 27.9 Å². The fourth-order valence-corrected chi connectivity index (χ4v) is 2.86. The summed E-state index contributed by atoms with van der Waals surface area (Å²) in [7, 11) is 0. The summed E-state index contributed by atoms with van der Waals surface area (Å²) in [5, 5.41) is 8.92. The molecule has 0 aromatic rings. The van der Waals surface area contributed by atoms with Crippen molar-refractivity contribution in [2.45, 2.75) is 39.5 Å². The molecule has 7 nitrogen and oxygen atoms in total. The van der Waals surface area contributed by atoms with E-state index >= 15 is 0 Å². The maximum absolute atomic E-state index is 11.5. The molecule has 0 unspecified atom stereocenters. The van der Waals surface area contributed by atoms with E-state index in [1.165, 1.54) is 30.6 Å². The van der Waals surface area contributed by atoms with Crippen molar-refractivity contribution in [3.8, 4) is 0 Å². The van der Waals surface area contributed by atoms with Crippen LogP contribution in [0.5, 0.6) is 0 Å². The smallest absolute Gasteiger partial charge is 0.324 e. The zero-order chi connectivity index (χ0) is 16.0. The van der Waals surface area contributed by atoms with Gasteiger partial charge in [-0.1, -0.05) is 13.3 Å². The minimum Gasteiger partial charge on any atom is -0.357 e. The quantitative estimate of drug-likeness (QED) is 0.367. The highest BCUT2D eigenvalue weighted by atomic mass is 16.2. The molecule has 3 amide bonds. The van der Waals surface area contributed by atoms with Gasteiger partial charge in [-0.05, 0) is 31.6 Å². The van der Waals surface area contributed by atoms with E-state index in [4.69, 9.17) is 0 Å². The van der Waals surface area contributed by atoms with E-state index in [0.29, 0.717) is 18.5 Å². The van der Waals surface area contributed by atoms with E-state index in [1.807, 2.05) is 6.92 Å². The molecule has 0 aromatic heterocycles. The average Bonchev–Trinajstić information content (AvgIpc) is 2.78. The topological polar surface area (TPSA) is 85.8 Å². The predicted molar refractivity (Wildman–Crippen MR) is 85.7 cm³/mol. The van der Waals surface area contributed by atoms with Crippen LogP contribution in [-0.4, -0.2) is 55.5 Å². The Labute approximate surface area is 131 Å². The summed E-state index contributed by atoms with van der Waals surface area (Å²) in [5.41, 5.74) is 0.382. The van der Waals surface area contributed by atoms with Gasteiger partial charge in [-0.15, -0.1) is 0 Å². The number of imide groups is 1. The highest BCUT2D eigenvalue weighted by Crippen LogP contribution is 2.43. The van der Waals surface area contributed by atoms with Crippen molar-refractivity contribution in [2.24, 2.45) is 10.4 Å². The zero-order valence-corrected chi connectivity index (χ0v) is 13.6. The number of carbonyl (C=O) groups excluding carboxylic acids is 2. The van der Waals surface area contributed by atoms with Gasteiger partial charge in [-0.2, -0.15) is 0 Å². The Morgan fingerprint density at radius 3 is 2.59 bits per heavy atom. The Morgan fingerprint density at radius 1 is 1.32 bits per heavy atom. The summed E-state index contributed by atoms with van der Waals surface area (Å²) in [6.45, 7) is 6.83. The molecule has 1 saturated heterocycles. The first-order valence-corrected chi connectivity index (χ1v) is 8.20. The molecule has 0 atom stereocenters. The predicted octanol–water partition coefficient (Wildman–Crippen LogP) is 0.674. The van der Waals surface area contributed by atoms with Crippen LogP contribution in [0.1, 0.15) is 39.5 Å². The molecule has 1 aliphatic carbocycles. The lowest BCUT2D eigenvalue weighted by atomic mass is 9.67. The van der Waals surface area contributed by atoms with Crippen LogP contribution >= 0.6 is 0 Å². The molecule has 0 radical (unpaired) electrons. The Hall–Kier alpha value is -1.79. The van der Waals surface area contributed by atoms with E-state index in [1.54, 1.807) is 0 Å². The van der Waals surface area contributed by atoms with Gasteiger partial charge in [0.2, 0.25) is 5.91 Å². The zero-order valence-electron chi connectivity index (χ0n) is 13.6. The van der Waals surface area contributed by atoms with Crippen molar-refractivity contribution < 1.29 is 9.59 Å². The number of carbonyl (C=O) groups is 2. The summed E-state index contributed by atoms with van der Waals surface area (Å²) in [6, 6.07) is -0.312. The second-order valence-electron chi connectivity index (χ2n) is 6.03. The van der Waals surface area contributed by atoms with E-state index in [-0.39, 0.29) is 18.5 Å². The summed E-state index contributed by atoms with van der Waals surface area (Å²) in [5.74, 6) is 0.586. The maximum atomic E-state index is 11.5. The second-order valence-corrected chi connectivity index (χ2v) is 6.03. The lowest BCUT2D eigenvalue weighted by Crippen LogP contribution is -2.44. The normalized spacial score (nSPS) is 20.6. The van der Waals surface area contributed by atoms with Gasteiger partial charge >= 0.3 is 6.03 Å². The number of rotatable bonds is 7. The van der Waals surface area contributed by atoms with Crippen molar-refractivity contribution in [3.05, 3.63) is 0 Å². The summed E-state index contributed by atoms with van der Waals surface area (Å²) in [4.78, 5) is 28.8. The van der Waals surface area contributed by atoms with Crippen LogP contribution in [-0.2, 0) is 4.79 Å². The minimum absolute atomic E-state index is 0.103. The monoisotopic (exact) mass is 309 g/mol. The standard InChI is InChI=1S/C15H27N5O2/c1-3-15(6-5-7-15)11-19-13(16-4-2)17-8-9-20-12(21)10-18-14(20)22/h3-11H2,1-2H3,(H,18,22)(H2,16,17,19). The molecule has 1 saturated carbocycles. The van der Waals surface area contributed by atoms with Crippen LogP contribution < -0.4 is 16.0 Å². The first-order valence-electron chi connectivity index (χ1n) is 8.20. The SMILES string of the molecule is CCNC(=NCC1(CC)CCC1)NCCN1C(=O)CNC1=O. The molecule has 1 aliphatic heterocycles. The van der Waals surface area contributed by atoms with Crippen molar-refractivity contribution in [1.29, 1.82) is 0 Å². The van der Waals surface area contributed by atoms with Crippen molar-refractivity contribution >= 4 is 17.9 Å². The number of hydrogen-bond donors (Lipinski definition) is 3. The number of nitrogens with zero attached hydrogens (tertiary/aromatic N) is 2. The van der Waals surface area contributed by atoms with Gasteiger partial charge in [0.15, 0.2) is 5.96 Å². The summed E-state index contributed by atoms with van der Waals surface area (Å²) >= 11 is 0. The highest BCUT2D eigenvalue weighted by molar-refractivity contribution is 6.01. The largest absolute Gasteiger partial charge is 0.357 e. The van der Waals surface area contributed by atoms with Crippen LogP contribution in [0.15, 0.2) is 4.99 Å². The molecule has 7 heteroatoms. The molecule has 124 valence electrons. The number of guanidine groups is 1. The Morgan fingerprint density at radius 2 is 2.09 bits per heavy atom. The van der Waals surface area contributed by atoms with Gasteiger partial charge in [0.25, 0.3) is 0 Å². The van der Waals surface area contributed by atoms with E-state index in [0.717, 1.165) is 19.0 Å². The second kappa shape index (κ2) is 7.47. The van der Waals surface area contributed by atoms with Gasteiger partial charge in [0, 0.05) is 26.2 Å². The summed E-state index contributed by atoms with van der Waals surface area (Å²) in [6.07, 6.45) is 4.99. The Balaban J connectivity index is 1.81. The third-order valence-corrected chi connectivity index (χ3v) is 4.65. The van der Waals surface area contributed by atoms with Crippen LogP contribution in [0.2, 0.25) is 0 Å². The minimum atomic E-state index is -0.312. The van der Waals surface area contributed by atoms with Crippen LogP contribution in [0.4, 0.5) is 4.79 Å². The third kappa shape index (κ3) is 3.90. The molecule has 1 heterocycles. The van der Waals surface area contributed by atoms with Crippen LogP contribution in [0.25, 0.3) is 0 Å². The summed E-state index contributed by atoms with van der Waals surface area (Å²) < 4.78 is 0. The number of hydrogen-bond acceptors (Lipinski definition) is 3. The van der Waals surface area contributed by atoms with Gasteiger partial charge in [0.05, 0.1) is 6.54 Å². The average molecular weight is 309 g/mol. The van der Waals surface area contributed by atoms with Crippen molar-refractivity contribution in [1.82, 2.24) is 20.9 Å². The molecule has 22 heavy (non-hydrogen) atoms. The number of aliphatic imine (C=N–C) groups is 1. The first-order chi connectivity index (χ1) is 10.6. The lowest BCUT2D eigenvalue weighted by molar-refractivity contribution is -0.124. The molecular weight excluding hydrogens is 282 g/mol. The van der Waals surface area contributed by atoms with Gasteiger partial charge in [-0.25, -0.2) is 4.79 Å². The lowest BCUT2D eigenvalue weighted by Gasteiger charge is -2.40. The van der Waals surface area contributed by atoms with Gasteiger partial charge < -0.3 is 16.0 Å². The van der Waals surface area contributed by atoms with Gasteiger partial charge in [-0.3, -0.25) is 14.7 Å². The molecule has 0 spiro atoms. The first kappa shape index (κ1) is 16.6. The molecule has 3 N–H and O–H groups in total. The van der Waals surface area contributed by atoms with Crippen LogP contribution in [0.3, 0.4) is 0 Å². The van der Waals surface area contributed by atoms with E-state index in [9.17, 15) is 9.59 Å². The molecule has 2 aliphatic rings.